The number of aliphatic hydroxyl groups is 1. The number of amides is 1. The van der Waals surface area contributed by atoms with Crippen LogP contribution >= 0.6 is 0 Å². The Labute approximate surface area is 147 Å². The third-order valence-electron chi connectivity index (χ3n) is 4.85. The molecule has 0 radical (unpaired) electrons. The molecule has 0 saturated carbocycles. The second kappa shape index (κ2) is 7.25. The number of nitrogen functional groups attached to an aromatic ring is 1. The highest BCUT2D eigenvalue weighted by molar-refractivity contribution is 5.98. The van der Waals surface area contributed by atoms with Crippen LogP contribution in [-0.4, -0.2) is 69.9 Å². The van der Waals surface area contributed by atoms with Gasteiger partial charge in [0.25, 0.3) is 5.91 Å². The molecule has 0 atom stereocenters. The minimum absolute atomic E-state index is 0.0868. The topological polar surface area (TPSA) is 87.6 Å². The minimum Gasteiger partial charge on any atom is -0.395 e. The zero-order valence-electron chi connectivity index (χ0n) is 14.8. The lowest BCUT2D eigenvalue weighted by Crippen LogP contribution is -2.49. The molecule has 1 amide bonds. The lowest BCUT2D eigenvalue weighted by molar-refractivity contribution is 0.0616. The van der Waals surface area contributed by atoms with E-state index in [-0.39, 0.29) is 12.5 Å². The van der Waals surface area contributed by atoms with E-state index < -0.39 is 0 Å². The van der Waals surface area contributed by atoms with Crippen LogP contribution in [0.15, 0.2) is 24.4 Å². The van der Waals surface area contributed by atoms with Gasteiger partial charge in [-0.2, -0.15) is 5.10 Å². The van der Waals surface area contributed by atoms with Crippen LogP contribution < -0.4 is 5.73 Å². The highest BCUT2D eigenvalue weighted by Gasteiger charge is 2.25. The van der Waals surface area contributed by atoms with Gasteiger partial charge in [-0.3, -0.25) is 9.69 Å². The van der Waals surface area contributed by atoms with Gasteiger partial charge in [0.2, 0.25) is 0 Å². The van der Waals surface area contributed by atoms with Crippen molar-refractivity contribution < 1.29 is 9.90 Å². The summed E-state index contributed by atoms with van der Waals surface area (Å²) in [5.74, 6) is 0.280. The van der Waals surface area contributed by atoms with E-state index in [1.54, 1.807) is 15.8 Å². The predicted octanol–water partition coefficient (Wildman–Crippen LogP) is 0.821. The fourth-order valence-electron chi connectivity index (χ4n) is 3.07. The van der Waals surface area contributed by atoms with Crippen LogP contribution in [0, 0.1) is 13.8 Å². The summed E-state index contributed by atoms with van der Waals surface area (Å²) in [5.41, 5.74) is 9.86. The monoisotopic (exact) mass is 343 g/mol. The number of anilines is 1. The molecule has 25 heavy (non-hydrogen) atoms. The van der Waals surface area contributed by atoms with Crippen molar-refractivity contribution in [2.45, 2.75) is 13.8 Å². The first-order valence-corrected chi connectivity index (χ1v) is 8.55. The van der Waals surface area contributed by atoms with Crippen LogP contribution in [0.3, 0.4) is 0 Å². The van der Waals surface area contributed by atoms with Crippen molar-refractivity contribution in [2.24, 2.45) is 0 Å². The normalized spacial score (nSPS) is 15.6. The molecule has 1 aliphatic rings. The van der Waals surface area contributed by atoms with Crippen LogP contribution in [0.1, 0.15) is 21.5 Å². The number of nitrogens with zero attached hydrogens (tertiary/aromatic N) is 4. The SMILES string of the molecule is Cc1ccc(-n2ncc(C(=O)N3CCN(CCO)CC3)c2N)cc1C. The molecular weight excluding hydrogens is 318 g/mol. The molecule has 0 spiro atoms. The Hall–Kier alpha value is -2.38. The van der Waals surface area contributed by atoms with Crippen molar-refractivity contribution in [2.75, 3.05) is 45.1 Å². The number of benzene rings is 1. The Morgan fingerprint density at radius 1 is 1.20 bits per heavy atom. The summed E-state index contributed by atoms with van der Waals surface area (Å²) in [4.78, 5) is 16.7. The van der Waals surface area contributed by atoms with E-state index in [1.165, 1.54) is 5.56 Å². The number of hydrogen-bond donors (Lipinski definition) is 2. The van der Waals surface area contributed by atoms with Gasteiger partial charge in [-0.05, 0) is 37.1 Å². The first-order valence-electron chi connectivity index (χ1n) is 8.55. The van der Waals surface area contributed by atoms with E-state index >= 15 is 0 Å². The second-order valence-electron chi connectivity index (χ2n) is 6.48. The standard InChI is InChI=1S/C18H25N5O2/c1-13-3-4-15(11-14(13)2)23-17(19)16(12-20-23)18(25)22-7-5-21(6-8-22)9-10-24/h3-4,11-12,24H,5-10,19H2,1-2H3. The Morgan fingerprint density at radius 3 is 2.56 bits per heavy atom. The van der Waals surface area contributed by atoms with E-state index in [9.17, 15) is 4.79 Å². The average molecular weight is 343 g/mol. The molecule has 1 aromatic heterocycles. The Bertz CT molecular complexity index is 763. The van der Waals surface area contributed by atoms with Crippen LogP contribution in [0.25, 0.3) is 5.69 Å². The van der Waals surface area contributed by atoms with Crippen molar-refractivity contribution in [1.82, 2.24) is 19.6 Å². The van der Waals surface area contributed by atoms with E-state index in [1.807, 2.05) is 25.1 Å². The quantitative estimate of drug-likeness (QED) is 0.858. The van der Waals surface area contributed by atoms with Crippen molar-refractivity contribution in [1.29, 1.82) is 0 Å². The first-order chi connectivity index (χ1) is 12.0. The molecule has 134 valence electrons. The fourth-order valence-corrected chi connectivity index (χ4v) is 3.07. The zero-order chi connectivity index (χ0) is 18.0. The van der Waals surface area contributed by atoms with Crippen molar-refractivity contribution in [3.63, 3.8) is 0 Å². The fraction of sp³-hybridized carbons (Fsp3) is 0.444. The molecule has 0 bridgehead atoms. The molecule has 1 aromatic carbocycles. The van der Waals surface area contributed by atoms with Gasteiger partial charge in [-0.1, -0.05) is 6.07 Å². The summed E-state index contributed by atoms with van der Waals surface area (Å²) < 4.78 is 1.61. The third kappa shape index (κ3) is 3.52. The van der Waals surface area contributed by atoms with E-state index in [0.29, 0.717) is 31.0 Å². The second-order valence-corrected chi connectivity index (χ2v) is 6.48. The van der Waals surface area contributed by atoms with Gasteiger partial charge in [-0.15, -0.1) is 0 Å². The predicted molar refractivity (Wildman–Crippen MR) is 96.9 cm³/mol. The molecule has 7 nitrogen and oxygen atoms in total. The third-order valence-corrected chi connectivity index (χ3v) is 4.85. The summed E-state index contributed by atoms with van der Waals surface area (Å²) in [6.45, 7) is 7.67. The highest BCUT2D eigenvalue weighted by atomic mass is 16.3. The molecule has 2 heterocycles. The lowest BCUT2D eigenvalue weighted by Gasteiger charge is -2.34. The molecule has 1 aliphatic heterocycles. The first kappa shape index (κ1) is 17.4. The van der Waals surface area contributed by atoms with E-state index in [2.05, 4.69) is 16.9 Å². The summed E-state index contributed by atoms with van der Waals surface area (Å²) in [6, 6.07) is 5.99. The van der Waals surface area contributed by atoms with Crippen molar-refractivity contribution in [3.05, 3.63) is 41.1 Å². The highest BCUT2D eigenvalue weighted by Crippen LogP contribution is 2.21. The van der Waals surface area contributed by atoms with E-state index in [0.717, 1.165) is 24.3 Å². The number of aliphatic hydroxyl groups excluding tert-OH is 1. The maximum absolute atomic E-state index is 12.8. The van der Waals surface area contributed by atoms with Gasteiger partial charge in [0.05, 0.1) is 18.5 Å². The summed E-state index contributed by atoms with van der Waals surface area (Å²) in [5, 5.41) is 13.3. The number of aromatic nitrogens is 2. The molecule has 1 saturated heterocycles. The molecule has 3 N–H and O–H groups in total. The smallest absolute Gasteiger partial charge is 0.259 e. The van der Waals surface area contributed by atoms with Gasteiger partial charge < -0.3 is 15.7 Å². The number of carbonyl (C=O) groups is 1. The Morgan fingerprint density at radius 2 is 1.92 bits per heavy atom. The molecule has 7 heteroatoms. The van der Waals surface area contributed by atoms with Gasteiger partial charge >= 0.3 is 0 Å². The number of nitrogens with two attached hydrogens (primary N) is 1. The Balaban J connectivity index is 1.77. The van der Waals surface area contributed by atoms with Gasteiger partial charge in [0.15, 0.2) is 0 Å². The van der Waals surface area contributed by atoms with Crippen LogP contribution in [0.4, 0.5) is 5.82 Å². The van der Waals surface area contributed by atoms with Gasteiger partial charge in [-0.25, -0.2) is 4.68 Å². The lowest BCUT2D eigenvalue weighted by atomic mass is 10.1. The number of aryl methyl sites for hydroxylation is 2. The van der Waals surface area contributed by atoms with Crippen molar-refractivity contribution in [3.8, 4) is 5.69 Å². The maximum Gasteiger partial charge on any atom is 0.259 e. The number of β-amino-alcohol motifs (C(OH)–C–C–N with tert-alkyl or cyclic N) is 1. The zero-order valence-corrected chi connectivity index (χ0v) is 14.8. The molecule has 3 rings (SSSR count). The summed E-state index contributed by atoms with van der Waals surface area (Å²) in [6.07, 6.45) is 1.55. The average Bonchev–Trinajstić information content (AvgIpc) is 2.99. The molecule has 0 aliphatic carbocycles. The molecular formula is C18H25N5O2. The molecule has 0 unspecified atom stereocenters. The minimum atomic E-state index is -0.0868. The van der Waals surface area contributed by atoms with E-state index in [4.69, 9.17) is 10.8 Å². The van der Waals surface area contributed by atoms with Gasteiger partial charge in [0, 0.05) is 32.7 Å². The Kier molecular flexibility index (Phi) is 5.06. The largest absolute Gasteiger partial charge is 0.395 e. The number of rotatable bonds is 4. The van der Waals surface area contributed by atoms with Crippen LogP contribution in [0.5, 0.6) is 0 Å². The maximum atomic E-state index is 12.8. The van der Waals surface area contributed by atoms with Crippen LogP contribution in [-0.2, 0) is 0 Å². The number of piperazine rings is 1. The molecule has 1 fully saturated rings. The summed E-state index contributed by atoms with van der Waals surface area (Å²) in [7, 11) is 0. The van der Waals surface area contributed by atoms with Gasteiger partial charge in [0.1, 0.15) is 11.4 Å². The van der Waals surface area contributed by atoms with Crippen LogP contribution in [0.2, 0.25) is 0 Å². The number of carbonyl (C=O) groups excluding carboxylic acids is 1. The van der Waals surface area contributed by atoms with Crippen molar-refractivity contribution >= 4 is 11.7 Å². The summed E-state index contributed by atoms with van der Waals surface area (Å²) >= 11 is 0. The molecule has 2 aromatic rings. The number of hydrogen-bond acceptors (Lipinski definition) is 5.